The van der Waals surface area contributed by atoms with E-state index in [1.807, 2.05) is 0 Å². The van der Waals surface area contributed by atoms with Gasteiger partial charge in [-0.1, -0.05) is 31.0 Å². The molecule has 21 heavy (non-hydrogen) atoms. The molecule has 4 nitrogen and oxygen atoms in total. The second-order valence-corrected chi connectivity index (χ2v) is 5.56. The van der Waals surface area contributed by atoms with Crippen LogP contribution in [-0.4, -0.2) is 28.5 Å². The topological polar surface area (TPSA) is 61.8 Å². The van der Waals surface area contributed by atoms with Crippen molar-refractivity contribution in [1.82, 2.24) is 4.90 Å². The third kappa shape index (κ3) is 5.34. The van der Waals surface area contributed by atoms with Gasteiger partial charge in [0.1, 0.15) is 5.82 Å². The number of nitrogens with zero attached hydrogens (tertiary/aromatic N) is 2. The van der Waals surface area contributed by atoms with Crippen molar-refractivity contribution < 1.29 is 9.60 Å². The minimum atomic E-state index is -0.387. The largest absolute Gasteiger partial charge is 0.409 e. The molecule has 0 aliphatic rings. The molecule has 3 N–H and O–H groups in total. The van der Waals surface area contributed by atoms with Crippen molar-refractivity contribution in [3.8, 4) is 0 Å². The van der Waals surface area contributed by atoms with Crippen LogP contribution in [0.15, 0.2) is 23.4 Å². The number of oxime groups is 1. The first-order valence-electron chi connectivity index (χ1n) is 7.50. The molecule has 5 heteroatoms. The van der Waals surface area contributed by atoms with Gasteiger partial charge in [-0.3, -0.25) is 4.90 Å². The summed E-state index contributed by atoms with van der Waals surface area (Å²) in [6, 6.07) is 4.81. The number of nitrogens with two attached hydrogens (primary N) is 1. The molecule has 0 aliphatic heterocycles. The molecular weight excluding hydrogens is 269 g/mol. The molecule has 0 heterocycles. The summed E-state index contributed by atoms with van der Waals surface area (Å²) in [5.41, 5.74) is 6.98. The van der Waals surface area contributed by atoms with Crippen LogP contribution in [0.1, 0.15) is 51.2 Å². The van der Waals surface area contributed by atoms with Gasteiger partial charge in [0.05, 0.1) is 0 Å². The predicted molar refractivity (Wildman–Crippen MR) is 84.0 cm³/mol. The molecule has 0 aromatic heterocycles. The van der Waals surface area contributed by atoms with E-state index in [1.165, 1.54) is 25.0 Å². The normalized spacial score (nSPS) is 12.4. The van der Waals surface area contributed by atoms with Gasteiger partial charge in [-0.25, -0.2) is 4.39 Å². The number of unbranched alkanes of at least 4 members (excludes halogenated alkanes) is 2. The minimum absolute atomic E-state index is 0.0539. The Balaban J connectivity index is 2.92. The van der Waals surface area contributed by atoms with Crippen LogP contribution in [-0.2, 0) is 6.54 Å². The van der Waals surface area contributed by atoms with E-state index < -0.39 is 0 Å². The van der Waals surface area contributed by atoms with Gasteiger partial charge < -0.3 is 10.9 Å². The summed E-state index contributed by atoms with van der Waals surface area (Å²) in [7, 11) is 0. The molecule has 0 unspecified atom stereocenters. The molecule has 0 spiro atoms. The molecular formula is C16H26FN3O. The van der Waals surface area contributed by atoms with Crippen molar-refractivity contribution >= 4 is 5.84 Å². The van der Waals surface area contributed by atoms with Gasteiger partial charge in [0.25, 0.3) is 0 Å². The SMILES string of the molecule is CCCCCN(Cc1ccc(F)cc1C(N)=NO)C(C)C. The molecule has 0 atom stereocenters. The quantitative estimate of drug-likeness (QED) is 0.254. The minimum Gasteiger partial charge on any atom is -0.409 e. The molecule has 0 aliphatic carbocycles. The molecule has 1 aromatic carbocycles. The number of benzene rings is 1. The summed E-state index contributed by atoms with van der Waals surface area (Å²) in [4.78, 5) is 2.32. The number of hydrogen-bond acceptors (Lipinski definition) is 3. The van der Waals surface area contributed by atoms with Crippen LogP contribution in [0.3, 0.4) is 0 Å². The van der Waals surface area contributed by atoms with Crippen LogP contribution < -0.4 is 5.73 Å². The standard InChI is InChI=1S/C16H26FN3O/c1-4-5-6-9-20(12(2)3)11-13-7-8-14(17)10-15(13)16(18)19-21/h7-8,10,12,21H,4-6,9,11H2,1-3H3,(H2,18,19). The zero-order valence-corrected chi connectivity index (χ0v) is 13.1. The fourth-order valence-corrected chi connectivity index (χ4v) is 2.28. The first-order valence-corrected chi connectivity index (χ1v) is 7.50. The summed E-state index contributed by atoms with van der Waals surface area (Å²) >= 11 is 0. The average Bonchev–Trinajstić information content (AvgIpc) is 2.46. The lowest BCUT2D eigenvalue weighted by atomic mass is 10.0. The smallest absolute Gasteiger partial charge is 0.170 e. The van der Waals surface area contributed by atoms with Crippen LogP contribution in [0.25, 0.3) is 0 Å². The number of hydrogen-bond donors (Lipinski definition) is 2. The van der Waals surface area contributed by atoms with E-state index in [0.29, 0.717) is 18.2 Å². The molecule has 0 saturated heterocycles. The van der Waals surface area contributed by atoms with Gasteiger partial charge in [0.2, 0.25) is 0 Å². The zero-order valence-electron chi connectivity index (χ0n) is 13.1. The third-order valence-corrected chi connectivity index (χ3v) is 3.61. The van der Waals surface area contributed by atoms with Crippen LogP contribution in [0, 0.1) is 5.82 Å². The molecule has 1 rings (SSSR count). The lowest BCUT2D eigenvalue weighted by Gasteiger charge is -2.27. The fraction of sp³-hybridized carbons (Fsp3) is 0.562. The highest BCUT2D eigenvalue weighted by molar-refractivity contribution is 5.98. The van der Waals surface area contributed by atoms with Crippen molar-refractivity contribution in [2.24, 2.45) is 10.9 Å². The molecule has 0 amide bonds. The second kappa shape index (κ2) is 8.62. The summed E-state index contributed by atoms with van der Waals surface area (Å²) in [5.74, 6) is -0.441. The van der Waals surface area contributed by atoms with E-state index in [-0.39, 0.29) is 11.7 Å². The third-order valence-electron chi connectivity index (χ3n) is 3.61. The highest BCUT2D eigenvalue weighted by atomic mass is 19.1. The highest BCUT2D eigenvalue weighted by Gasteiger charge is 2.14. The Labute approximate surface area is 126 Å². The molecule has 0 saturated carbocycles. The Morgan fingerprint density at radius 2 is 2.10 bits per heavy atom. The summed E-state index contributed by atoms with van der Waals surface area (Å²) in [6.07, 6.45) is 3.51. The van der Waals surface area contributed by atoms with E-state index in [1.54, 1.807) is 6.07 Å². The van der Waals surface area contributed by atoms with Gasteiger partial charge in [0.15, 0.2) is 5.84 Å². The van der Waals surface area contributed by atoms with Crippen LogP contribution >= 0.6 is 0 Å². The van der Waals surface area contributed by atoms with Gasteiger partial charge in [-0.2, -0.15) is 0 Å². The first-order chi connectivity index (χ1) is 9.99. The maximum atomic E-state index is 13.4. The second-order valence-electron chi connectivity index (χ2n) is 5.56. The highest BCUT2D eigenvalue weighted by Crippen LogP contribution is 2.16. The first kappa shape index (κ1) is 17.4. The lowest BCUT2D eigenvalue weighted by molar-refractivity contribution is 0.208. The van der Waals surface area contributed by atoms with Gasteiger partial charge >= 0.3 is 0 Å². The summed E-state index contributed by atoms with van der Waals surface area (Å²) in [5, 5.41) is 11.8. The number of halogens is 1. The molecule has 0 radical (unpaired) electrons. The van der Waals surface area contributed by atoms with Crippen molar-refractivity contribution in [1.29, 1.82) is 0 Å². The monoisotopic (exact) mass is 295 g/mol. The summed E-state index contributed by atoms with van der Waals surface area (Å²) < 4.78 is 13.4. The van der Waals surface area contributed by atoms with E-state index in [4.69, 9.17) is 10.9 Å². The van der Waals surface area contributed by atoms with Gasteiger partial charge in [0, 0.05) is 18.2 Å². The van der Waals surface area contributed by atoms with Crippen molar-refractivity contribution in [2.45, 2.75) is 52.6 Å². The van der Waals surface area contributed by atoms with E-state index in [9.17, 15) is 4.39 Å². The van der Waals surface area contributed by atoms with Gasteiger partial charge in [-0.15, -0.1) is 0 Å². The van der Waals surface area contributed by atoms with Crippen LogP contribution in [0.5, 0.6) is 0 Å². The number of amidine groups is 1. The van der Waals surface area contributed by atoms with Crippen LogP contribution in [0.2, 0.25) is 0 Å². The fourth-order valence-electron chi connectivity index (χ4n) is 2.28. The molecule has 118 valence electrons. The zero-order chi connectivity index (χ0) is 15.8. The lowest BCUT2D eigenvalue weighted by Crippen LogP contribution is -2.32. The molecule has 0 fully saturated rings. The van der Waals surface area contributed by atoms with E-state index >= 15 is 0 Å². The Bertz CT molecular complexity index is 475. The van der Waals surface area contributed by atoms with Gasteiger partial charge in [-0.05, 0) is 44.5 Å². The maximum Gasteiger partial charge on any atom is 0.170 e. The molecule has 1 aromatic rings. The van der Waals surface area contributed by atoms with E-state index in [2.05, 4.69) is 30.8 Å². The van der Waals surface area contributed by atoms with Crippen molar-refractivity contribution in [2.75, 3.05) is 6.54 Å². The Kier molecular flexibility index (Phi) is 7.15. The maximum absolute atomic E-state index is 13.4. The Morgan fingerprint density at radius 3 is 2.67 bits per heavy atom. The summed E-state index contributed by atoms with van der Waals surface area (Å²) in [6.45, 7) is 8.10. The molecule has 0 bridgehead atoms. The Morgan fingerprint density at radius 1 is 1.38 bits per heavy atom. The predicted octanol–water partition coefficient (Wildman–Crippen LogP) is 3.32. The Hall–Kier alpha value is -1.62. The average molecular weight is 295 g/mol. The van der Waals surface area contributed by atoms with Crippen molar-refractivity contribution in [3.63, 3.8) is 0 Å². The van der Waals surface area contributed by atoms with Crippen molar-refractivity contribution in [3.05, 3.63) is 35.1 Å². The van der Waals surface area contributed by atoms with Crippen LogP contribution in [0.4, 0.5) is 4.39 Å². The number of rotatable bonds is 8. The van der Waals surface area contributed by atoms with E-state index in [0.717, 1.165) is 18.5 Å².